The summed E-state index contributed by atoms with van der Waals surface area (Å²) in [4.78, 5) is 11.3. The van der Waals surface area contributed by atoms with Crippen LogP contribution in [-0.4, -0.2) is 53.6 Å². The van der Waals surface area contributed by atoms with Crippen molar-refractivity contribution >= 4 is 23.1 Å². The molecule has 1 fully saturated rings. The summed E-state index contributed by atoms with van der Waals surface area (Å²) >= 11 is 0. The molecule has 30 heavy (non-hydrogen) atoms. The number of hydrogen-bond acceptors (Lipinski definition) is 7. The number of anilines is 3. The van der Waals surface area contributed by atoms with Gasteiger partial charge in [-0.25, -0.2) is 9.50 Å². The van der Waals surface area contributed by atoms with Crippen molar-refractivity contribution in [3.05, 3.63) is 60.7 Å². The number of benzene rings is 1. The van der Waals surface area contributed by atoms with E-state index in [2.05, 4.69) is 20.3 Å². The lowest BCUT2D eigenvalue weighted by molar-refractivity contribution is 0.265. The van der Waals surface area contributed by atoms with Gasteiger partial charge >= 0.3 is 0 Å². The van der Waals surface area contributed by atoms with Gasteiger partial charge in [-0.15, -0.1) is 5.10 Å². The molecule has 1 aromatic carbocycles. The Hall–Kier alpha value is -3.43. The molecule has 5 rings (SSSR count). The number of nitrogens with one attached hydrogen (secondary N) is 1. The molecule has 4 aromatic rings. The molecule has 1 unspecified atom stereocenters. The Balaban J connectivity index is 1.47. The van der Waals surface area contributed by atoms with E-state index in [1.807, 2.05) is 53.4 Å². The number of hydrogen-bond donors (Lipinski definition) is 3. The molecule has 3 aromatic heterocycles. The van der Waals surface area contributed by atoms with Gasteiger partial charge in [-0.2, -0.15) is 4.98 Å². The number of aliphatic hydroxyl groups is 2. The Kier molecular flexibility index (Phi) is 4.82. The Bertz CT molecular complexity index is 1170. The second kappa shape index (κ2) is 7.77. The summed E-state index contributed by atoms with van der Waals surface area (Å²) in [6.07, 6.45) is 7.43. The van der Waals surface area contributed by atoms with Crippen LogP contribution in [-0.2, 0) is 6.61 Å². The molecule has 0 amide bonds. The predicted octanol–water partition coefficient (Wildman–Crippen LogP) is 2.11. The third kappa shape index (κ3) is 3.38. The lowest BCUT2D eigenvalue weighted by Crippen LogP contribution is -2.34. The zero-order valence-electron chi connectivity index (χ0n) is 16.4. The lowest BCUT2D eigenvalue weighted by atomic mass is 10.2. The van der Waals surface area contributed by atoms with Crippen LogP contribution in [0.5, 0.6) is 0 Å². The maximum Gasteiger partial charge on any atom is 0.245 e. The van der Waals surface area contributed by atoms with Crippen LogP contribution in [0.3, 0.4) is 0 Å². The van der Waals surface area contributed by atoms with Crippen LogP contribution >= 0.6 is 0 Å². The number of fused-ring (bicyclic) bond motifs is 1. The van der Waals surface area contributed by atoms with Crippen molar-refractivity contribution < 1.29 is 10.2 Å². The molecule has 9 heteroatoms. The van der Waals surface area contributed by atoms with E-state index in [0.717, 1.165) is 36.2 Å². The topological polar surface area (TPSA) is 104 Å². The Morgan fingerprint density at radius 2 is 2.10 bits per heavy atom. The van der Waals surface area contributed by atoms with Crippen molar-refractivity contribution in [3.8, 4) is 5.69 Å². The van der Waals surface area contributed by atoms with Crippen LogP contribution < -0.4 is 10.2 Å². The molecule has 0 spiro atoms. The third-order valence-electron chi connectivity index (χ3n) is 5.44. The van der Waals surface area contributed by atoms with Crippen molar-refractivity contribution in [2.45, 2.75) is 25.5 Å². The minimum atomic E-state index is -0.00507. The monoisotopic (exact) mass is 405 g/mol. The number of aliphatic hydroxyl groups excluding tert-OH is 2. The SMILES string of the molecule is OCc1cccc(-n2cnc(Nc3nc(N4CCCC4CO)nn4cccc34)c2)c1. The molecule has 0 aliphatic carbocycles. The maximum atomic E-state index is 9.68. The first-order valence-corrected chi connectivity index (χ1v) is 9.99. The fourth-order valence-corrected chi connectivity index (χ4v) is 3.89. The first-order chi connectivity index (χ1) is 14.7. The fourth-order valence-electron chi connectivity index (χ4n) is 3.89. The van der Waals surface area contributed by atoms with E-state index in [9.17, 15) is 10.2 Å². The molecular formula is C21H23N7O2. The Morgan fingerprint density at radius 3 is 2.97 bits per heavy atom. The Morgan fingerprint density at radius 1 is 1.17 bits per heavy atom. The normalized spacial score (nSPS) is 16.5. The smallest absolute Gasteiger partial charge is 0.245 e. The highest BCUT2D eigenvalue weighted by Gasteiger charge is 2.27. The number of imidazole rings is 1. The minimum absolute atomic E-state index is 0.00507. The van der Waals surface area contributed by atoms with Crippen molar-refractivity contribution in [2.75, 3.05) is 23.4 Å². The van der Waals surface area contributed by atoms with Gasteiger partial charge in [-0.05, 0) is 42.7 Å². The van der Waals surface area contributed by atoms with Crippen molar-refractivity contribution in [1.29, 1.82) is 0 Å². The summed E-state index contributed by atoms with van der Waals surface area (Å²) in [6, 6.07) is 11.6. The van der Waals surface area contributed by atoms with E-state index >= 15 is 0 Å². The molecule has 0 radical (unpaired) electrons. The summed E-state index contributed by atoms with van der Waals surface area (Å²) < 4.78 is 3.68. The molecule has 1 atom stereocenters. The van der Waals surface area contributed by atoms with E-state index in [4.69, 9.17) is 4.98 Å². The van der Waals surface area contributed by atoms with Gasteiger partial charge in [0.2, 0.25) is 5.95 Å². The van der Waals surface area contributed by atoms with Crippen molar-refractivity contribution in [3.63, 3.8) is 0 Å². The van der Waals surface area contributed by atoms with Crippen molar-refractivity contribution in [1.82, 2.24) is 24.1 Å². The van der Waals surface area contributed by atoms with Crippen LogP contribution in [0.25, 0.3) is 11.2 Å². The highest BCUT2D eigenvalue weighted by atomic mass is 16.3. The van der Waals surface area contributed by atoms with E-state index in [0.29, 0.717) is 17.6 Å². The molecule has 1 saturated heterocycles. The van der Waals surface area contributed by atoms with Gasteiger partial charge in [-0.3, -0.25) is 0 Å². The zero-order valence-corrected chi connectivity index (χ0v) is 16.4. The van der Waals surface area contributed by atoms with Gasteiger partial charge in [0.1, 0.15) is 17.7 Å². The average molecular weight is 405 g/mol. The van der Waals surface area contributed by atoms with E-state index in [1.54, 1.807) is 10.8 Å². The number of nitrogens with zero attached hydrogens (tertiary/aromatic N) is 6. The van der Waals surface area contributed by atoms with Crippen LogP contribution in [0, 0.1) is 0 Å². The molecule has 154 valence electrons. The molecular weight excluding hydrogens is 382 g/mol. The van der Waals surface area contributed by atoms with Gasteiger partial charge in [0.05, 0.1) is 25.5 Å². The second-order valence-corrected chi connectivity index (χ2v) is 7.39. The van der Waals surface area contributed by atoms with Gasteiger partial charge in [0.25, 0.3) is 0 Å². The molecule has 4 heterocycles. The fraction of sp³-hybridized carbons (Fsp3) is 0.286. The summed E-state index contributed by atoms with van der Waals surface area (Å²) in [6.45, 7) is 0.912. The largest absolute Gasteiger partial charge is 0.394 e. The first-order valence-electron chi connectivity index (χ1n) is 9.99. The number of aromatic nitrogens is 5. The highest BCUT2D eigenvalue weighted by Crippen LogP contribution is 2.26. The molecule has 3 N–H and O–H groups in total. The highest BCUT2D eigenvalue weighted by molar-refractivity contribution is 5.73. The lowest BCUT2D eigenvalue weighted by Gasteiger charge is -2.23. The van der Waals surface area contributed by atoms with E-state index in [-0.39, 0.29) is 19.3 Å². The van der Waals surface area contributed by atoms with Gasteiger partial charge in [0.15, 0.2) is 5.82 Å². The van der Waals surface area contributed by atoms with Gasteiger partial charge < -0.3 is 25.0 Å². The quantitative estimate of drug-likeness (QED) is 0.451. The van der Waals surface area contributed by atoms with Crippen LogP contribution in [0.1, 0.15) is 18.4 Å². The first kappa shape index (κ1) is 18.6. The zero-order chi connectivity index (χ0) is 20.5. The van der Waals surface area contributed by atoms with E-state index < -0.39 is 0 Å². The molecule has 1 aliphatic rings. The van der Waals surface area contributed by atoms with Crippen LogP contribution in [0.15, 0.2) is 55.1 Å². The molecule has 0 saturated carbocycles. The number of rotatable bonds is 6. The molecule has 1 aliphatic heterocycles. The Labute approximate surface area is 173 Å². The van der Waals surface area contributed by atoms with Gasteiger partial charge in [-0.1, -0.05) is 12.1 Å². The van der Waals surface area contributed by atoms with E-state index in [1.165, 1.54) is 0 Å². The third-order valence-corrected chi connectivity index (χ3v) is 5.44. The molecule has 9 nitrogen and oxygen atoms in total. The standard InChI is InChI=1S/C21H23N7O2/c29-12-15-4-1-5-16(10-15)26-11-19(22-14-26)23-20-18-7-3-9-28(18)25-21(24-20)27-8-2-6-17(27)13-30/h1,3-5,7,9-11,14,17,29-30H,2,6,8,12-13H2,(H,23,24,25). The summed E-state index contributed by atoms with van der Waals surface area (Å²) in [7, 11) is 0. The average Bonchev–Trinajstić information content (AvgIpc) is 3.53. The minimum Gasteiger partial charge on any atom is -0.394 e. The molecule has 0 bridgehead atoms. The summed E-state index contributed by atoms with van der Waals surface area (Å²) in [5.41, 5.74) is 2.60. The summed E-state index contributed by atoms with van der Waals surface area (Å²) in [5, 5.41) is 27.0. The predicted molar refractivity (Wildman–Crippen MR) is 113 cm³/mol. The van der Waals surface area contributed by atoms with Crippen molar-refractivity contribution in [2.24, 2.45) is 0 Å². The van der Waals surface area contributed by atoms with Crippen LogP contribution in [0.2, 0.25) is 0 Å². The van der Waals surface area contributed by atoms with Crippen LogP contribution in [0.4, 0.5) is 17.6 Å². The van der Waals surface area contributed by atoms with Gasteiger partial charge in [0, 0.05) is 18.4 Å². The maximum absolute atomic E-state index is 9.68. The second-order valence-electron chi connectivity index (χ2n) is 7.39. The summed E-state index contributed by atoms with van der Waals surface area (Å²) in [5.74, 6) is 1.90.